The van der Waals surface area contributed by atoms with E-state index in [1.807, 2.05) is 0 Å². The van der Waals surface area contributed by atoms with Gasteiger partial charge in [-0.1, -0.05) is 76.8 Å². The van der Waals surface area contributed by atoms with Crippen LogP contribution in [0, 0.1) is 0 Å². The second kappa shape index (κ2) is 22.6. The number of hydrogen-bond donors (Lipinski definition) is 7. The van der Waals surface area contributed by atoms with Gasteiger partial charge in [0.25, 0.3) is 0 Å². The van der Waals surface area contributed by atoms with Gasteiger partial charge in [-0.05, 0) is 76.1 Å². The van der Waals surface area contributed by atoms with Crippen LogP contribution in [0.2, 0.25) is 0 Å². The molecule has 3 rings (SSSR count). The van der Waals surface area contributed by atoms with Gasteiger partial charge >= 0.3 is 7.82 Å². The largest absolute Gasteiger partial charge is 0.524 e. The minimum atomic E-state index is -4.70. The van der Waals surface area contributed by atoms with E-state index in [4.69, 9.17) is 15.5 Å². The highest BCUT2D eigenvalue weighted by molar-refractivity contribution is 7.46. The lowest BCUT2D eigenvalue weighted by atomic mass is 10.0. The molecule has 1 aromatic carbocycles. The number of phosphoric ester groups is 1. The Morgan fingerprint density at radius 1 is 0.906 bits per heavy atom. The predicted molar refractivity (Wildman–Crippen MR) is 200 cm³/mol. The molecule has 0 aromatic heterocycles. The summed E-state index contributed by atoms with van der Waals surface area (Å²) < 4.78 is 15.7. The number of amides is 5. The number of rotatable bonds is 24. The number of likely N-dealkylation sites (N-methyl/N-ethyl adjacent to an activating group) is 1. The molecule has 5 amide bonds. The van der Waals surface area contributed by atoms with Crippen LogP contribution < -0.4 is 31.5 Å². The number of carbonyl (C=O) groups excluding carboxylic acids is 5. The Kier molecular flexibility index (Phi) is 18.7. The minimum absolute atomic E-state index is 0.0143. The number of benzene rings is 1. The second-order valence-corrected chi connectivity index (χ2v) is 15.5. The zero-order valence-electron chi connectivity index (χ0n) is 31.4. The van der Waals surface area contributed by atoms with E-state index in [1.165, 1.54) is 57.1 Å². The first kappa shape index (κ1) is 43.9. The summed E-state index contributed by atoms with van der Waals surface area (Å²) >= 11 is 0. The summed E-state index contributed by atoms with van der Waals surface area (Å²) in [5.74, 6) is -2.23. The van der Waals surface area contributed by atoms with E-state index in [9.17, 15) is 28.5 Å². The highest BCUT2D eigenvalue weighted by Crippen LogP contribution is 2.37. The fourth-order valence-corrected chi connectivity index (χ4v) is 7.58. The summed E-state index contributed by atoms with van der Waals surface area (Å²) in [6, 6.07) is 2.40. The Bertz CT molecular complexity index is 1390. The normalized spacial score (nSPS) is 19.8. The van der Waals surface area contributed by atoms with Crippen LogP contribution in [-0.4, -0.2) is 88.0 Å². The molecule has 0 aliphatic carbocycles. The number of carbonyl (C=O) groups is 5. The summed E-state index contributed by atoms with van der Waals surface area (Å²) in [4.78, 5) is 85.5. The van der Waals surface area contributed by atoms with E-state index in [-0.39, 0.29) is 42.9 Å². The maximum Gasteiger partial charge on any atom is 0.524 e. The van der Waals surface area contributed by atoms with E-state index in [2.05, 4.69) is 32.7 Å². The van der Waals surface area contributed by atoms with Gasteiger partial charge in [-0.2, -0.15) is 0 Å². The molecule has 2 heterocycles. The van der Waals surface area contributed by atoms with Gasteiger partial charge in [-0.25, -0.2) is 4.57 Å². The van der Waals surface area contributed by atoms with E-state index in [1.54, 1.807) is 24.1 Å². The Morgan fingerprint density at radius 2 is 1.55 bits per heavy atom. The van der Waals surface area contributed by atoms with Crippen molar-refractivity contribution in [3.05, 3.63) is 29.8 Å². The molecular formula is C37H61N6O9P. The van der Waals surface area contributed by atoms with Crippen molar-refractivity contribution in [1.29, 1.82) is 0 Å². The molecule has 1 aromatic rings. The van der Waals surface area contributed by atoms with Crippen LogP contribution >= 0.6 is 7.82 Å². The molecule has 2 aliphatic heterocycles. The van der Waals surface area contributed by atoms with Gasteiger partial charge in [-0.3, -0.25) is 33.8 Å². The topological polar surface area (TPSA) is 229 Å². The lowest BCUT2D eigenvalue weighted by molar-refractivity contribution is -0.143. The molecule has 0 saturated carbocycles. The van der Waals surface area contributed by atoms with Crippen LogP contribution in [0.25, 0.3) is 0 Å². The van der Waals surface area contributed by atoms with Crippen molar-refractivity contribution in [2.45, 2.75) is 153 Å². The number of primary amides is 1. The molecule has 15 nitrogen and oxygen atoms in total. The number of hydrogen-bond acceptors (Lipinski definition) is 8. The van der Waals surface area contributed by atoms with Crippen LogP contribution in [-0.2, 0) is 35.0 Å². The third kappa shape index (κ3) is 15.4. The number of phosphoric acid groups is 1. The Balaban J connectivity index is 1.55. The summed E-state index contributed by atoms with van der Waals surface area (Å²) in [6.07, 6.45) is 14.6. The highest BCUT2D eigenvalue weighted by Gasteiger charge is 2.45. The van der Waals surface area contributed by atoms with Crippen molar-refractivity contribution in [3.63, 3.8) is 0 Å². The maximum absolute atomic E-state index is 14.0. The molecule has 2 fully saturated rings. The zero-order valence-corrected chi connectivity index (χ0v) is 32.2. The van der Waals surface area contributed by atoms with Crippen LogP contribution in [0.3, 0.4) is 0 Å². The molecule has 2 aliphatic rings. The van der Waals surface area contributed by atoms with Crippen LogP contribution in [0.1, 0.15) is 122 Å². The Hall–Kier alpha value is -3.52. The van der Waals surface area contributed by atoms with E-state index in [0.29, 0.717) is 44.2 Å². The monoisotopic (exact) mass is 764 g/mol. The lowest BCUT2D eigenvalue weighted by Crippen LogP contribution is -2.58. The summed E-state index contributed by atoms with van der Waals surface area (Å²) in [7, 11) is -3.09. The number of unbranched alkanes of at least 4 members (excludes halogenated alkanes) is 9. The third-order valence-electron chi connectivity index (χ3n) is 10.1. The van der Waals surface area contributed by atoms with Gasteiger partial charge < -0.3 is 36.4 Å². The van der Waals surface area contributed by atoms with Gasteiger partial charge in [0.2, 0.25) is 29.5 Å². The van der Waals surface area contributed by atoms with Crippen molar-refractivity contribution >= 4 is 37.4 Å². The van der Waals surface area contributed by atoms with Crippen molar-refractivity contribution < 1.29 is 42.8 Å². The molecule has 0 bridgehead atoms. The molecule has 298 valence electrons. The number of nitrogens with zero attached hydrogens (tertiary/aromatic N) is 1. The van der Waals surface area contributed by atoms with Gasteiger partial charge in [0.15, 0.2) is 0 Å². The molecule has 16 heteroatoms. The third-order valence-corrected chi connectivity index (χ3v) is 10.5. The van der Waals surface area contributed by atoms with E-state index >= 15 is 0 Å². The first-order valence-electron chi connectivity index (χ1n) is 19.3. The van der Waals surface area contributed by atoms with Crippen molar-refractivity contribution in [2.75, 3.05) is 13.6 Å². The van der Waals surface area contributed by atoms with Crippen molar-refractivity contribution in [2.24, 2.45) is 5.73 Å². The molecule has 0 radical (unpaired) electrons. The van der Waals surface area contributed by atoms with Gasteiger partial charge in [-0.15, -0.1) is 0 Å². The number of nitrogens with two attached hydrogens (primary N) is 1. The molecule has 53 heavy (non-hydrogen) atoms. The number of nitrogens with one attached hydrogen (secondary N) is 4. The first-order chi connectivity index (χ1) is 25.3. The molecule has 2 saturated heterocycles. The summed E-state index contributed by atoms with van der Waals surface area (Å²) in [5, 5.41) is 11.5. The van der Waals surface area contributed by atoms with E-state index < -0.39 is 49.7 Å². The van der Waals surface area contributed by atoms with Crippen LogP contribution in [0.4, 0.5) is 0 Å². The molecule has 5 atom stereocenters. The summed E-state index contributed by atoms with van der Waals surface area (Å²) in [6.45, 7) is 2.67. The Morgan fingerprint density at radius 3 is 2.15 bits per heavy atom. The molecular weight excluding hydrogens is 703 g/mol. The van der Waals surface area contributed by atoms with Crippen LogP contribution in [0.5, 0.6) is 5.75 Å². The fraction of sp³-hybridized carbons (Fsp3) is 0.703. The van der Waals surface area contributed by atoms with Gasteiger partial charge in [0.05, 0.1) is 6.04 Å². The average Bonchev–Trinajstić information content (AvgIpc) is 3.47. The predicted octanol–water partition coefficient (Wildman–Crippen LogP) is 3.10. The van der Waals surface area contributed by atoms with Crippen molar-refractivity contribution in [3.8, 4) is 5.75 Å². The SMILES string of the molecule is CCCCCCCCCCCCNC(=O)[C@H](CCC(N)=O)NC(=O)[C@@H]1CC[C@@H]2CCC[C@H](NC(=O)[C@H](Cc3ccc(OP(=O)(O)O)cc3)NC)C(=O)N21. The Labute approximate surface area is 313 Å². The highest BCUT2D eigenvalue weighted by atomic mass is 31.2. The minimum Gasteiger partial charge on any atom is -0.404 e. The van der Waals surface area contributed by atoms with E-state index in [0.717, 1.165) is 19.3 Å². The fourth-order valence-electron chi connectivity index (χ4n) is 7.18. The van der Waals surface area contributed by atoms with Crippen molar-refractivity contribution in [1.82, 2.24) is 26.2 Å². The first-order valence-corrected chi connectivity index (χ1v) is 20.9. The smallest absolute Gasteiger partial charge is 0.404 e. The standard InChI is InChI=1S/C37H61N6O9P/c1-3-4-5-6-7-8-9-10-11-12-24-40-34(45)29(21-23-33(38)44)41-36(47)32-22-18-27-14-13-15-30(37(48)43(27)32)42-35(46)31(39-2)25-26-16-19-28(20-17-26)52-53(49,50)51/h16-17,19-20,27,29-32,39H,3-15,18,21-25H2,1-2H3,(H2,38,44)(H,40,45)(H,41,47)(H,42,46)(H2,49,50,51)/t27-,29-,30-,31-,32-/m0/s1. The zero-order chi connectivity index (χ0) is 38.8. The van der Waals surface area contributed by atoms with Gasteiger partial charge in [0.1, 0.15) is 23.9 Å². The van der Waals surface area contributed by atoms with Crippen LogP contribution in [0.15, 0.2) is 24.3 Å². The molecule has 0 unspecified atom stereocenters. The second-order valence-electron chi connectivity index (χ2n) is 14.3. The summed E-state index contributed by atoms with van der Waals surface area (Å²) in [5.41, 5.74) is 6.07. The lowest BCUT2D eigenvalue weighted by Gasteiger charge is -2.32. The maximum atomic E-state index is 14.0. The molecule has 0 spiro atoms. The quantitative estimate of drug-likeness (QED) is 0.0601. The number of fused-ring (bicyclic) bond motifs is 1. The average molecular weight is 765 g/mol. The molecule has 8 N–H and O–H groups in total. The van der Waals surface area contributed by atoms with Gasteiger partial charge in [0, 0.05) is 19.0 Å².